The molecular formula is C33H64N2O11S. The molecule has 1 aliphatic rings. The lowest BCUT2D eigenvalue weighted by Crippen LogP contribution is -2.62. The van der Waals surface area contributed by atoms with Crippen molar-refractivity contribution in [2.75, 3.05) is 54.0 Å². The molecule has 0 saturated carbocycles. The molecule has 0 amide bonds. The SMILES string of the molecule is CCCCCCCN(C)CCCCC(=O)O[C@@H]1[C@@H](OC(=O)CCCCN(C)CCCCCCC)[C@@H](OC)O[C@H](CO)[C@H]1OS(=O)(=O)O. The van der Waals surface area contributed by atoms with Crippen LogP contribution < -0.4 is 0 Å². The maximum absolute atomic E-state index is 13.0. The van der Waals surface area contributed by atoms with Crippen LogP contribution in [0, 0.1) is 0 Å². The van der Waals surface area contributed by atoms with Crippen molar-refractivity contribution in [1.29, 1.82) is 0 Å². The predicted octanol–water partition coefficient (Wildman–Crippen LogP) is 4.51. The Morgan fingerprint density at radius 1 is 0.681 bits per heavy atom. The molecule has 0 aromatic rings. The van der Waals surface area contributed by atoms with Crippen molar-refractivity contribution in [3.05, 3.63) is 0 Å². The minimum absolute atomic E-state index is 0.0223. The van der Waals surface area contributed by atoms with Crippen LogP contribution in [0.1, 0.15) is 117 Å². The van der Waals surface area contributed by atoms with Gasteiger partial charge in [0.1, 0.15) is 12.2 Å². The summed E-state index contributed by atoms with van der Waals surface area (Å²) in [6, 6.07) is 0. The van der Waals surface area contributed by atoms with Crippen molar-refractivity contribution in [3.8, 4) is 0 Å². The van der Waals surface area contributed by atoms with Gasteiger partial charge in [-0.3, -0.25) is 14.1 Å². The molecule has 0 aromatic heterocycles. The summed E-state index contributed by atoms with van der Waals surface area (Å²) in [7, 11) is 0.314. The second-order valence-corrected chi connectivity index (χ2v) is 13.8. The molecule has 1 rings (SSSR count). The van der Waals surface area contributed by atoms with E-state index < -0.39 is 59.7 Å². The van der Waals surface area contributed by atoms with Crippen LogP contribution in [0.3, 0.4) is 0 Å². The molecule has 5 atom stereocenters. The Balaban J connectivity index is 2.77. The van der Waals surface area contributed by atoms with E-state index in [1.807, 2.05) is 7.05 Å². The second-order valence-electron chi connectivity index (χ2n) is 12.7. The van der Waals surface area contributed by atoms with E-state index in [0.717, 1.165) is 51.9 Å². The van der Waals surface area contributed by atoms with E-state index in [0.29, 0.717) is 12.8 Å². The molecule has 2 N–H and O–H groups in total. The van der Waals surface area contributed by atoms with Crippen molar-refractivity contribution < 1.29 is 50.8 Å². The monoisotopic (exact) mass is 696 g/mol. The van der Waals surface area contributed by atoms with Crippen molar-refractivity contribution in [1.82, 2.24) is 9.80 Å². The Labute approximate surface area is 283 Å². The molecule has 1 saturated heterocycles. The lowest BCUT2D eigenvalue weighted by Gasteiger charge is -2.43. The van der Waals surface area contributed by atoms with Gasteiger partial charge in [0.25, 0.3) is 0 Å². The lowest BCUT2D eigenvalue weighted by atomic mass is 9.98. The van der Waals surface area contributed by atoms with Gasteiger partial charge in [0.2, 0.25) is 0 Å². The number of aliphatic hydroxyl groups excluding tert-OH is 1. The second kappa shape index (κ2) is 25.6. The van der Waals surface area contributed by atoms with Gasteiger partial charge in [0.15, 0.2) is 18.5 Å². The molecule has 0 aliphatic carbocycles. The molecule has 278 valence electrons. The minimum Gasteiger partial charge on any atom is -0.455 e. The maximum atomic E-state index is 13.0. The summed E-state index contributed by atoms with van der Waals surface area (Å²) in [5.74, 6) is -1.29. The van der Waals surface area contributed by atoms with Crippen LogP contribution in [0.4, 0.5) is 0 Å². The van der Waals surface area contributed by atoms with Gasteiger partial charge in [-0.05, 0) is 78.8 Å². The average molecular weight is 697 g/mol. The van der Waals surface area contributed by atoms with Crippen molar-refractivity contribution >= 4 is 22.3 Å². The normalized spacial score (nSPS) is 21.8. The number of carbonyl (C=O) groups excluding carboxylic acids is 2. The number of rotatable bonds is 28. The number of nitrogens with zero attached hydrogens (tertiary/aromatic N) is 2. The lowest BCUT2D eigenvalue weighted by molar-refractivity contribution is -0.296. The summed E-state index contributed by atoms with van der Waals surface area (Å²) in [5, 5.41) is 9.91. The van der Waals surface area contributed by atoms with E-state index in [1.54, 1.807) is 0 Å². The van der Waals surface area contributed by atoms with E-state index in [4.69, 9.17) is 23.1 Å². The molecule has 1 fully saturated rings. The van der Waals surface area contributed by atoms with Crippen LogP contribution in [0.25, 0.3) is 0 Å². The molecule has 13 nitrogen and oxygen atoms in total. The molecule has 14 heteroatoms. The van der Waals surface area contributed by atoms with Crippen LogP contribution in [-0.2, 0) is 43.1 Å². The first kappa shape index (κ1) is 43.6. The number of aliphatic hydroxyl groups is 1. The molecule has 0 unspecified atom stereocenters. The van der Waals surface area contributed by atoms with Gasteiger partial charge in [-0.25, -0.2) is 4.18 Å². The number of hydrogen-bond acceptors (Lipinski definition) is 12. The number of ether oxygens (including phenoxy) is 4. The van der Waals surface area contributed by atoms with Gasteiger partial charge >= 0.3 is 22.3 Å². The molecule has 1 aliphatic heterocycles. The summed E-state index contributed by atoms with van der Waals surface area (Å²) in [6.07, 6.45) is 7.43. The van der Waals surface area contributed by atoms with Crippen LogP contribution in [0.15, 0.2) is 0 Å². The zero-order valence-corrected chi connectivity index (χ0v) is 30.4. The van der Waals surface area contributed by atoms with Gasteiger partial charge in [-0.2, -0.15) is 8.42 Å². The Morgan fingerprint density at radius 2 is 1.11 bits per heavy atom. The summed E-state index contributed by atoms with van der Waals surface area (Å²) < 4.78 is 60.0. The molecule has 0 aromatic carbocycles. The van der Waals surface area contributed by atoms with Crippen LogP contribution in [0.5, 0.6) is 0 Å². The summed E-state index contributed by atoms with van der Waals surface area (Å²) in [4.78, 5) is 30.3. The fraction of sp³-hybridized carbons (Fsp3) is 0.939. The van der Waals surface area contributed by atoms with Crippen molar-refractivity contribution in [2.24, 2.45) is 0 Å². The van der Waals surface area contributed by atoms with E-state index in [2.05, 4.69) is 30.7 Å². The largest absolute Gasteiger partial charge is 0.455 e. The Kier molecular flexibility index (Phi) is 23.7. The van der Waals surface area contributed by atoms with E-state index in [9.17, 15) is 27.7 Å². The standard InChI is InChI=1S/C33H64N2O11S/c1-6-8-10-12-16-22-34(3)24-18-14-20-28(37)44-31-30(46-47(39,40)41)27(26-36)43-33(42-5)32(31)45-29(38)21-15-19-25-35(4)23-17-13-11-9-7-2/h27,30-33,36H,6-26H2,1-5H3,(H,39,40,41)/t27-,30-,31+,32-,33+/m1/s1. The van der Waals surface area contributed by atoms with Gasteiger partial charge in [0, 0.05) is 20.0 Å². The molecular weight excluding hydrogens is 632 g/mol. The number of methoxy groups -OCH3 is 1. The van der Waals surface area contributed by atoms with E-state index in [-0.39, 0.29) is 12.8 Å². The predicted molar refractivity (Wildman–Crippen MR) is 179 cm³/mol. The van der Waals surface area contributed by atoms with Gasteiger partial charge < -0.3 is 33.9 Å². The summed E-state index contributed by atoms with van der Waals surface area (Å²) in [5.41, 5.74) is 0. The van der Waals surface area contributed by atoms with Crippen LogP contribution >= 0.6 is 0 Å². The fourth-order valence-corrected chi connectivity index (χ4v) is 6.16. The first-order chi connectivity index (χ1) is 22.4. The highest BCUT2D eigenvalue weighted by Crippen LogP contribution is 2.30. The van der Waals surface area contributed by atoms with Crippen LogP contribution in [-0.4, -0.2) is 125 Å². The van der Waals surface area contributed by atoms with Gasteiger partial charge in [-0.1, -0.05) is 65.2 Å². The molecule has 0 spiro atoms. The summed E-state index contributed by atoms with van der Waals surface area (Å²) in [6.45, 7) is 7.24. The third-order valence-corrected chi connectivity index (χ3v) is 8.86. The minimum atomic E-state index is -5.07. The number of unbranched alkanes of at least 4 members (excludes halogenated alkanes) is 10. The average Bonchev–Trinajstić information content (AvgIpc) is 3.02. The number of carbonyl (C=O) groups is 2. The Hall–Kier alpha value is -1.39. The maximum Gasteiger partial charge on any atom is 0.397 e. The highest BCUT2D eigenvalue weighted by atomic mass is 32.3. The first-order valence-electron chi connectivity index (χ1n) is 17.7. The molecule has 0 radical (unpaired) electrons. The highest BCUT2D eigenvalue weighted by molar-refractivity contribution is 7.80. The van der Waals surface area contributed by atoms with Crippen LogP contribution in [0.2, 0.25) is 0 Å². The third kappa shape index (κ3) is 20.0. The smallest absolute Gasteiger partial charge is 0.397 e. The third-order valence-electron chi connectivity index (χ3n) is 8.40. The number of hydrogen-bond donors (Lipinski definition) is 2. The Morgan fingerprint density at radius 3 is 1.51 bits per heavy atom. The highest BCUT2D eigenvalue weighted by Gasteiger charge is 2.52. The number of esters is 2. The molecule has 1 heterocycles. The molecule has 0 bridgehead atoms. The zero-order valence-electron chi connectivity index (χ0n) is 29.6. The van der Waals surface area contributed by atoms with Crippen molar-refractivity contribution in [2.45, 2.75) is 147 Å². The van der Waals surface area contributed by atoms with E-state index >= 15 is 0 Å². The Bertz CT molecular complexity index is 940. The summed E-state index contributed by atoms with van der Waals surface area (Å²) >= 11 is 0. The fourth-order valence-electron chi connectivity index (χ4n) is 5.65. The zero-order chi connectivity index (χ0) is 35.1. The van der Waals surface area contributed by atoms with Gasteiger partial charge in [0.05, 0.1) is 6.61 Å². The van der Waals surface area contributed by atoms with Crippen molar-refractivity contribution in [3.63, 3.8) is 0 Å². The van der Waals surface area contributed by atoms with Gasteiger partial charge in [-0.15, -0.1) is 0 Å². The molecule has 47 heavy (non-hydrogen) atoms. The van der Waals surface area contributed by atoms with E-state index in [1.165, 1.54) is 58.5 Å². The first-order valence-corrected chi connectivity index (χ1v) is 19.0. The topological polar surface area (TPSA) is 161 Å². The quantitative estimate of drug-likeness (QED) is 0.0669.